The van der Waals surface area contributed by atoms with E-state index >= 15 is 0 Å². The van der Waals surface area contributed by atoms with Crippen LogP contribution in [0.25, 0.3) is 0 Å². The van der Waals surface area contributed by atoms with Gasteiger partial charge in [-0.05, 0) is 17.9 Å². The Labute approximate surface area is 94.0 Å². The van der Waals surface area contributed by atoms with Crippen LogP contribution in [0.1, 0.15) is 19.8 Å². The van der Waals surface area contributed by atoms with Gasteiger partial charge in [-0.25, -0.2) is 0 Å². The molecular weight excluding hydrogens is 196 g/mol. The lowest BCUT2D eigenvalue weighted by Crippen LogP contribution is -2.50. The Kier molecular flexibility index (Phi) is 2.59. The second-order valence-corrected chi connectivity index (χ2v) is 10.3. The Morgan fingerprint density at radius 2 is 1.80 bits per heavy atom. The van der Waals surface area contributed by atoms with Crippen LogP contribution in [0.3, 0.4) is 0 Å². The summed E-state index contributed by atoms with van der Waals surface area (Å²) in [6.07, 6.45) is 7.42. The molecule has 2 rings (SSSR count). The molecule has 1 aromatic carbocycles. The second kappa shape index (κ2) is 3.64. The molecule has 0 saturated carbocycles. The molecule has 0 aromatic heterocycles. The largest absolute Gasteiger partial charge is 0.0901 e. The average molecular weight is 216 g/mol. The summed E-state index contributed by atoms with van der Waals surface area (Å²) in [7, 11) is -1.36. The van der Waals surface area contributed by atoms with Crippen molar-refractivity contribution in [2.75, 3.05) is 0 Å². The predicted octanol–water partition coefficient (Wildman–Crippen LogP) is 3.71. The SMILES string of the molecule is CC1([Si](C)(C)c2ccccc2)C=CCC1. The molecule has 1 unspecified atom stereocenters. The molecule has 1 aliphatic carbocycles. The quantitative estimate of drug-likeness (QED) is 0.522. The lowest BCUT2D eigenvalue weighted by Gasteiger charge is -2.39. The number of hydrogen-bond donors (Lipinski definition) is 0. The minimum absolute atomic E-state index is 0.453. The Balaban J connectivity index is 2.38. The van der Waals surface area contributed by atoms with Gasteiger partial charge in [-0.3, -0.25) is 0 Å². The van der Waals surface area contributed by atoms with Gasteiger partial charge in [0.2, 0.25) is 0 Å². The van der Waals surface area contributed by atoms with Crippen LogP contribution in [-0.4, -0.2) is 8.07 Å². The van der Waals surface area contributed by atoms with Crippen molar-refractivity contribution in [1.82, 2.24) is 0 Å². The predicted molar refractivity (Wildman–Crippen MR) is 70.3 cm³/mol. The monoisotopic (exact) mass is 216 g/mol. The molecule has 0 spiro atoms. The molecule has 1 aliphatic rings. The molecule has 0 fully saturated rings. The summed E-state index contributed by atoms with van der Waals surface area (Å²) in [6.45, 7) is 7.44. The number of allylic oxidation sites excluding steroid dienone is 2. The highest BCUT2D eigenvalue weighted by Gasteiger charge is 2.43. The van der Waals surface area contributed by atoms with Gasteiger partial charge in [0.05, 0.1) is 8.07 Å². The third kappa shape index (κ3) is 1.69. The molecule has 1 atom stereocenters. The van der Waals surface area contributed by atoms with Gasteiger partial charge in [-0.2, -0.15) is 0 Å². The fourth-order valence-corrected chi connectivity index (χ4v) is 5.50. The van der Waals surface area contributed by atoms with E-state index in [-0.39, 0.29) is 0 Å². The van der Waals surface area contributed by atoms with Crippen LogP contribution in [-0.2, 0) is 0 Å². The van der Waals surface area contributed by atoms with Crippen molar-refractivity contribution in [3.05, 3.63) is 42.5 Å². The Hall–Kier alpha value is -0.823. The fourth-order valence-electron chi connectivity index (χ4n) is 2.52. The molecule has 0 aliphatic heterocycles. The smallest absolute Gasteiger partial charge is 0.0882 e. The van der Waals surface area contributed by atoms with E-state index in [1.165, 1.54) is 12.8 Å². The molecule has 0 N–H and O–H groups in total. The lowest BCUT2D eigenvalue weighted by atomic mass is 10.1. The Bertz CT molecular complexity index is 364. The molecule has 0 radical (unpaired) electrons. The summed E-state index contributed by atoms with van der Waals surface area (Å²) in [6, 6.07) is 11.1. The van der Waals surface area contributed by atoms with E-state index in [0.29, 0.717) is 5.04 Å². The van der Waals surface area contributed by atoms with Crippen molar-refractivity contribution < 1.29 is 0 Å². The first-order chi connectivity index (χ1) is 7.06. The van der Waals surface area contributed by atoms with Gasteiger partial charge in [0.1, 0.15) is 0 Å². The van der Waals surface area contributed by atoms with Crippen LogP contribution in [0.4, 0.5) is 0 Å². The number of rotatable bonds is 2. The molecule has 0 bridgehead atoms. The van der Waals surface area contributed by atoms with Crippen LogP contribution in [0, 0.1) is 0 Å². The normalized spacial score (nSPS) is 25.8. The van der Waals surface area contributed by atoms with Crippen LogP contribution >= 0.6 is 0 Å². The molecule has 0 amide bonds. The van der Waals surface area contributed by atoms with Crippen LogP contribution in [0.15, 0.2) is 42.5 Å². The number of benzene rings is 1. The van der Waals surface area contributed by atoms with E-state index in [9.17, 15) is 0 Å². The first kappa shape index (κ1) is 10.7. The van der Waals surface area contributed by atoms with Crippen molar-refractivity contribution in [1.29, 1.82) is 0 Å². The van der Waals surface area contributed by atoms with Gasteiger partial charge in [0.15, 0.2) is 0 Å². The van der Waals surface area contributed by atoms with E-state index in [1.807, 2.05) is 0 Å². The summed E-state index contributed by atoms with van der Waals surface area (Å²) in [5, 5.41) is 2.04. The second-order valence-electron chi connectivity index (χ2n) is 5.35. The molecule has 0 nitrogen and oxygen atoms in total. The van der Waals surface area contributed by atoms with Gasteiger partial charge in [-0.1, -0.05) is 67.7 Å². The maximum atomic E-state index is 2.50. The molecular formula is C14H20Si. The van der Waals surface area contributed by atoms with E-state index in [4.69, 9.17) is 0 Å². The van der Waals surface area contributed by atoms with E-state index in [2.05, 4.69) is 62.5 Å². The summed E-state index contributed by atoms with van der Waals surface area (Å²) in [5.74, 6) is 0. The lowest BCUT2D eigenvalue weighted by molar-refractivity contribution is 0.697. The average Bonchev–Trinajstić information content (AvgIpc) is 2.68. The molecule has 15 heavy (non-hydrogen) atoms. The third-order valence-corrected chi connectivity index (χ3v) is 9.29. The Morgan fingerprint density at radius 1 is 1.13 bits per heavy atom. The van der Waals surface area contributed by atoms with Crippen molar-refractivity contribution in [3.8, 4) is 0 Å². The van der Waals surface area contributed by atoms with Crippen molar-refractivity contribution in [2.45, 2.75) is 37.9 Å². The van der Waals surface area contributed by atoms with Crippen LogP contribution in [0.5, 0.6) is 0 Å². The maximum absolute atomic E-state index is 2.50. The van der Waals surface area contributed by atoms with Gasteiger partial charge >= 0.3 is 0 Å². The Morgan fingerprint density at radius 3 is 2.33 bits per heavy atom. The summed E-state index contributed by atoms with van der Waals surface area (Å²) in [4.78, 5) is 0. The van der Waals surface area contributed by atoms with E-state index in [0.717, 1.165) is 0 Å². The van der Waals surface area contributed by atoms with Gasteiger partial charge in [0, 0.05) is 0 Å². The highest BCUT2D eigenvalue weighted by molar-refractivity contribution is 6.92. The first-order valence-electron chi connectivity index (χ1n) is 5.79. The first-order valence-corrected chi connectivity index (χ1v) is 8.79. The van der Waals surface area contributed by atoms with Crippen molar-refractivity contribution in [2.24, 2.45) is 0 Å². The molecule has 1 aromatic rings. The van der Waals surface area contributed by atoms with Gasteiger partial charge in [0.25, 0.3) is 0 Å². The van der Waals surface area contributed by atoms with E-state index in [1.54, 1.807) is 5.19 Å². The summed E-state index contributed by atoms with van der Waals surface area (Å²) in [5.41, 5.74) is 0. The molecule has 0 saturated heterocycles. The summed E-state index contributed by atoms with van der Waals surface area (Å²) < 4.78 is 0. The molecule has 1 heteroatoms. The molecule has 80 valence electrons. The minimum Gasteiger partial charge on any atom is -0.0882 e. The standard InChI is InChI=1S/C14H20Si/c1-14(11-7-8-12-14)15(2,3)13-9-5-4-6-10-13/h4-7,9-11H,8,12H2,1-3H3. The fraction of sp³-hybridized carbons (Fsp3) is 0.429. The summed E-state index contributed by atoms with van der Waals surface area (Å²) >= 11 is 0. The minimum atomic E-state index is -1.36. The zero-order valence-electron chi connectivity index (χ0n) is 9.96. The van der Waals surface area contributed by atoms with Crippen molar-refractivity contribution in [3.63, 3.8) is 0 Å². The zero-order valence-corrected chi connectivity index (χ0v) is 11.0. The number of hydrogen-bond acceptors (Lipinski definition) is 0. The van der Waals surface area contributed by atoms with Gasteiger partial charge < -0.3 is 0 Å². The highest BCUT2D eigenvalue weighted by Crippen LogP contribution is 2.46. The van der Waals surface area contributed by atoms with Crippen molar-refractivity contribution >= 4 is 13.3 Å². The van der Waals surface area contributed by atoms with Gasteiger partial charge in [-0.15, -0.1) is 0 Å². The third-order valence-electron chi connectivity index (χ3n) is 4.24. The van der Waals surface area contributed by atoms with E-state index < -0.39 is 8.07 Å². The topological polar surface area (TPSA) is 0 Å². The van der Waals surface area contributed by atoms with Crippen LogP contribution < -0.4 is 5.19 Å². The maximum Gasteiger partial charge on any atom is 0.0901 e. The zero-order chi connectivity index (χ0) is 10.9. The molecule has 0 heterocycles. The van der Waals surface area contributed by atoms with Crippen LogP contribution in [0.2, 0.25) is 18.1 Å². The highest BCUT2D eigenvalue weighted by atomic mass is 28.3.